The quantitative estimate of drug-likeness (QED) is 0.387. The minimum Gasteiger partial charge on any atom is -0.394 e. The lowest BCUT2D eigenvalue weighted by molar-refractivity contribution is -0.175. The zero-order chi connectivity index (χ0) is 9.14. The molecule has 4 atom stereocenters. The second-order valence-electron chi connectivity index (χ2n) is 2.93. The summed E-state index contributed by atoms with van der Waals surface area (Å²) >= 11 is 0. The summed E-state index contributed by atoms with van der Waals surface area (Å²) in [5.41, 5.74) is 0. The first kappa shape index (κ1) is 9.88. The molecule has 0 bridgehead atoms. The summed E-state index contributed by atoms with van der Waals surface area (Å²) in [6.45, 7) is -0.186. The molecule has 12 heavy (non-hydrogen) atoms. The fraction of sp³-hybridized carbons (Fsp3) is 1.00. The van der Waals surface area contributed by atoms with Gasteiger partial charge in [0.15, 0.2) is 0 Å². The van der Waals surface area contributed by atoms with Gasteiger partial charge in [-0.15, -0.1) is 0 Å². The third-order valence-electron chi connectivity index (χ3n) is 2.02. The number of aliphatic hydroxyl groups excluding tert-OH is 4. The highest BCUT2D eigenvalue weighted by molar-refractivity contribution is 4.85. The van der Waals surface area contributed by atoms with E-state index in [4.69, 9.17) is 20.1 Å². The number of hydrogen-bond donors (Lipinski definition) is 4. The highest BCUT2D eigenvalue weighted by Gasteiger charge is 2.35. The van der Waals surface area contributed by atoms with Gasteiger partial charge in [-0.2, -0.15) is 0 Å². The Kier molecular flexibility index (Phi) is 3.42. The lowest BCUT2D eigenvalue weighted by Gasteiger charge is -2.34. The van der Waals surface area contributed by atoms with Gasteiger partial charge in [-0.05, 0) is 6.42 Å². The third-order valence-corrected chi connectivity index (χ3v) is 2.02. The standard InChI is InChI=1S/C7H14O5/c8-3-5(10)7-6(11)4(9)1-2-12-7/h4-11H,1-3H2/t4?,5-,6?,7?/m1/s1. The zero-order valence-corrected chi connectivity index (χ0v) is 6.63. The zero-order valence-electron chi connectivity index (χ0n) is 6.63. The SMILES string of the molecule is OC[C@@H](O)C1OCCC(O)C1O. The molecule has 0 amide bonds. The van der Waals surface area contributed by atoms with E-state index < -0.39 is 31.0 Å². The van der Waals surface area contributed by atoms with Crippen molar-refractivity contribution >= 4 is 0 Å². The van der Waals surface area contributed by atoms with E-state index in [0.29, 0.717) is 13.0 Å². The Bertz CT molecular complexity index is 140. The van der Waals surface area contributed by atoms with Crippen LogP contribution in [0.3, 0.4) is 0 Å². The molecule has 0 aromatic heterocycles. The van der Waals surface area contributed by atoms with Crippen LogP contribution in [0.15, 0.2) is 0 Å². The fourth-order valence-electron chi connectivity index (χ4n) is 1.26. The topological polar surface area (TPSA) is 90.2 Å². The number of hydrogen-bond acceptors (Lipinski definition) is 5. The molecule has 5 heteroatoms. The van der Waals surface area contributed by atoms with Crippen molar-refractivity contribution in [2.24, 2.45) is 0 Å². The maximum absolute atomic E-state index is 9.29. The molecular formula is C7H14O5. The molecule has 5 nitrogen and oxygen atoms in total. The monoisotopic (exact) mass is 178 g/mol. The summed E-state index contributed by atoms with van der Waals surface area (Å²) in [6.07, 6.45) is -3.63. The molecule has 1 fully saturated rings. The Morgan fingerprint density at radius 1 is 1.42 bits per heavy atom. The summed E-state index contributed by atoms with van der Waals surface area (Å²) in [5.74, 6) is 0. The number of aliphatic hydroxyl groups is 4. The Labute approximate surface area is 70.2 Å². The van der Waals surface area contributed by atoms with Crippen LogP contribution >= 0.6 is 0 Å². The van der Waals surface area contributed by atoms with Gasteiger partial charge < -0.3 is 25.2 Å². The van der Waals surface area contributed by atoms with Gasteiger partial charge in [0.1, 0.15) is 18.3 Å². The van der Waals surface area contributed by atoms with E-state index >= 15 is 0 Å². The predicted molar refractivity (Wildman–Crippen MR) is 39.5 cm³/mol. The van der Waals surface area contributed by atoms with Crippen LogP contribution < -0.4 is 0 Å². The summed E-state index contributed by atoms with van der Waals surface area (Å²) in [6, 6.07) is 0. The maximum atomic E-state index is 9.29. The molecule has 0 radical (unpaired) electrons. The molecule has 0 saturated carbocycles. The van der Waals surface area contributed by atoms with Crippen molar-refractivity contribution in [2.75, 3.05) is 13.2 Å². The summed E-state index contributed by atoms with van der Waals surface area (Å²) in [5, 5.41) is 36.2. The van der Waals surface area contributed by atoms with E-state index in [1.54, 1.807) is 0 Å². The van der Waals surface area contributed by atoms with E-state index in [-0.39, 0.29) is 0 Å². The molecule has 4 N–H and O–H groups in total. The second-order valence-corrected chi connectivity index (χ2v) is 2.93. The molecule has 1 aliphatic rings. The van der Waals surface area contributed by atoms with Gasteiger partial charge >= 0.3 is 0 Å². The van der Waals surface area contributed by atoms with Crippen molar-refractivity contribution in [1.29, 1.82) is 0 Å². The van der Waals surface area contributed by atoms with Crippen molar-refractivity contribution in [3.05, 3.63) is 0 Å². The first-order chi connectivity index (χ1) is 5.66. The molecular weight excluding hydrogens is 164 g/mol. The predicted octanol–water partition coefficient (Wildman–Crippen LogP) is -2.15. The van der Waals surface area contributed by atoms with Crippen LogP contribution in [0, 0.1) is 0 Å². The normalized spacial score (nSPS) is 39.5. The van der Waals surface area contributed by atoms with Crippen molar-refractivity contribution in [1.82, 2.24) is 0 Å². The van der Waals surface area contributed by atoms with E-state index in [0.717, 1.165) is 0 Å². The molecule has 0 spiro atoms. The van der Waals surface area contributed by atoms with E-state index in [1.165, 1.54) is 0 Å². The molecule has 3 unspecified atom stereocenters. The van der Waals surface area contributed by atoms with E-state index in [2.05, 4.69) is 0 Å². The first-order valence-corrected chi connectivity index (χ1v) is 3.93. The molecule has 72 valence electrons. The average Bonchev–Trinajstić information content (AvgIpc) is 2.08. The lowest BCUT2D eigenvalue weighted by atomic mass is 9.99. The summed E-state index contributed by atoms with van der Waals surface area (Å²) in [7, 11) is 0. The van der Waals surface area contributed by atoms with Gasteiger partial charge in [-0.25, -0.2) is 0 Å². The van der Waals surface area contributed by atoms with Gasteiger partial charge in [-0.3, -0.25) is 0 Å². The van der Waals surface area contributed by atoms with E-state index in [1.807, 2.05) is 0 Å². The molecule has 0 aliphatic carbocycles. The minimum atomic E-state index is -1.13. The van der Waals surface area contributed by atoms with Crippen LogP contribution in [-0.2, 0) is 4.74 Å². The highest BCUT2D eigenvalue weighted by atomic mass is 16.5. The second kappa shape index (κ2) is 4.15. The van der Waals surface area contributed by atoms with E-state index in [9.17, 15) is 5.11 Å². The first-order valence-electron chi connectivity index (χ1n) is 3.93. The van der Waals surface area contributed by atoms with Crippen LogP contribution in [0.4, 0.5) is 0 Å². The molecule has 1 heterocycles. The van der Waals surface area contributed by atoms with Crippen LogP contribution in [0.5, 0.6) is 0 Å². The van der Waals surface area contributed by atoms with Crippen LogP contribution in [0.1, 0.15) is 6.42 Å². The Balaban J connectivity index is 2.51. The maximum Gasteiger partial charge on any atom is 0.114 e. The smallest absolute Gasteiger partial charge is 0.114 e. The van der Waals surface area contributed by atoms with Gasteiger partial charge in [0.2, 0.25) is 0 Å². The van der Waals surface area contributed by atoms with Crippen LogP contribution in [0.2, 0.25) is 0 Å². The van der Waals surface area contributed by atoms with Crippen LogP contribution in [-0.4, -0.2) is 58.1 Å². The Hall–Kier alpha value is -0.200. The van der Waals surface area contributed by atoms with Crippen molar-refractivity contribution in [2.45, 2.75) is 30.8 Å². The van der Waals surface area contributed by atoms with Gasteiger partial charge in [0, 0.05) is 6.61 Å². The molecule has 1 aliphatic heterocycles. The fourth-order valence-corrected chi connectivity index (χ4v) is 1.26. The molecule has 1 rings (SSSR count). The van der Waals surface area contributed by atoms with Gasteiger partial charge in [-0.1, -0.05) is 0 Å². The minimum absolute atomic E-state index is 0.292. The van der Waals surface area contributed by atoms with Gasteiger partial charge in [0.05, 0.1) is 12.7 Å². The number of ether oxygens (including phenoxy) is 1. The van der Waals surface area contributed by atoms with Crippen molar-refractivity contribution < 1.29 is 25.2 Å². The highest BCUT2D eigenvalue weighted by Crippen LogP contribution is 2.17. The van der Waals surface area contributed by atoms with Crippen molar-refractivity contribution in [3.63, 3.8) is 0 Å². The lowest BCUT2D eigenvalue weighted by Crippen LogP contribution is -2.51. The Morgan fingerprint density at radius 2 is 2.08 bits per heavy atom. The van der Waals surface area contributed by atoms with Crippen molar-refractivity contribution in [3.8, 4) is 0 Å². The third kappa shape index (κ3) is 1.94. The summed E-state index contributed by atoms with van der Waals surface area (Å²) < 4.78 is 4.99. The van der Waals surface area contributed by atoms with Crippen LogP contribution in [0.25, 0.3) is 0 Å². The molecule has 1 saturated heterocycles. The number of rotatable bonds is 2. The average molecular weight is 178 g/mol. The molecule has 0 aromatic carbocycles. The largest absolute Gasteiger partial charge is 0.394 e. The molecule has 0 aromatic rings. The Morgan fingerprint density at radius 3 is 2.67 bits per heavy atom. The van der Waals surface area contributed by atoms with Gasteiger partial charge in [0.25, 0.3) is 0 Å². The summed E-state index contributed by atoms with van der Waals surface area (Å²) in [4.78, 5) is 0.